The van der Waals surface area contributed by atoms with Crippen LogP contribution in [0.4, 0.5) is 0 Å². The van der Waals surface area contributed by atoms with Crippen molar-refractivity contribution in [3.8, 4) is 17.6 Å². The van der Waals surface area contributed by atoms with Crippen molar-refractivity contribution in [1.82, 2.24) is 10.1 Å². The molecule has 2 heterocycles. The average Bonchev–Trinajstić information content (AvgIpc) is 3.37. The summed E-state index contributed by atoms with van der Waals surface area (Å²) in [5.74, 6) is 7.96. The highest BCUT2D eigenvalue weighted by Gasteiger charge is 2.20. The number of halogens is 1. The van der Waals surface area contributed by atoms with Crippen molar-refractivity contribution in [1.29, 1.82) is 0 Å². The zero-order valence-electron chi connectivity index (χ0n) is 22.7. The lowest BCUT2D eigenvalue weighted by atomic mass is 9.93. The Kier molecular flexibility index (Phi) is 9.66. The first-order valence-electron chi connectivity index (χ1n) is 13.5. The maximum atomic E-state index is 12.5. The molecule has 0 radical (unpaired) electrons. The number of aromatic nitrogens is 1. The van der Waals surface area contributed by atoms with Crippen molar-refractivity contribution < 1.29 is 14.1 Å². The summed E-state index contributed by atoms with van der Waals surface area (Å²) < 4.78 is 11.3. The first-order chi connectivity index (χ1) is 18.3. The van der Waals surface area contributed by atoms with E-state index in [9.17, 15) is 4.79 Å². The van der Waals surface area contributed by atoms with Crippen LogP contribution in [-0.2, 0) is 23.1 Å². The molecule has 0 aliphatic carbocycles. The van der Waals surface area contributed by atoms with Crippen LogP contribution in [0, 0.1) is 11.8 Å². The molecule has 1 saturated heterocycles. The van der Waals surface area contributed by atoms with Crippen LogP contribution in [0.1, 0.15) is 74.6 Å². The molecule has 4 rings (SSSR count). The number of nitrogens with zero attached hydrogens (tertiary/aromatic N) is 2. The molecule has 5 nitrogen and oxygen atoms in total. The van der Waals surface area contributed by atoms with Gasteiger partial charge in [-0.2, -0.15) is 0 Å². The van der Waals surface area contributed by atoms with Crippen LogP contribution in [0.25, 0.3) is 0 Å². The van der Waals surface area contributed by atoms with E-state index in [2.05, 4.69) is 42.7 Å². The summed E-state index contributed by atoms with van der Waals surface area (Å²) in [6, 6.07) is 15.3. The fraction of sp³-hybridized carbons (Fsp3) is 0.438. The molecule has 3 aromatic rings. The monoisotopic (exact) mass is 532 g/mol. The van der Waals surface area contributed by atoms with E-state index < -0.39 is 0 Å². The maximum absolute atomic E-state index is 12.5. The molecule has 0 amide bonds. The molecule has 1 aliphatic rings. The molecule has 1 aromatic heterocycles. The topological polar surface area (TPSA) is 55.6 Å². The summed E-state index contributed by atoms with van der Waals surface area (Å²) >= 11 is 6.47. The van der Waals surface area contributed by atoms with Gasteiger partial charge in [-0.05, 0) is 62.2 Å². The summed E-state index contributed by atoms with van der Waals surface area (Å²) in [6.07, 6.45) is 5.60. The van der Waals surface area contributed by atoms with E-state index in [0.717, 1.165) is 41.2 Å². The molecule has 0 N–H and O–H groups in total. The fourth-order valence-corrected chi connectivity index (χ4v) is 4.65. The Bertz CT molecular complexity index is 1270. The Morgan fingerprint density at radius 1 is 1.03 bits per heavy atom. The molecular weight excluding hydrogens is 496 g/mol. The number of rotatable bonds is 9. The molecule has 38 heavy (non-hydrogen) atoms. The van der Waals surface area contributed by atoms with Crippen LogP contribution in [0.15, 0.2) is 53.1 Å². The lowest BCUT2D eigenvalue weighted by Crippen LogP contribution is -2.31. The third-order valence-corrected chi connectivity index (χ3v) is 6.96. The maximum Gasteiger partial charge on any atom is 0.143 e. The van der Waals surface area contributed by atoms with Crippen molar-refractivity contribution in [2.24, 2.45) is 0 Å². The van der Waals surface area contributed by atoms with Gasteiger partial charge in [-0.1, -0.05) is 67.9 Å². The number of benzene rings is 2. The summed E-state index contributed by atoms with van der Waals surface area (Å²) in [4.78, 5) is 15.0. The number of likely N-dealkylation sites (tertiary alicyclic amines) is 1. The van der Waals surface area contributed by atoms with Gasteiger partial charge in [0.15, 0.2) is 0 Å². The van der Waals surface area contributed by atoms with E-state index >= 15 is 0 Å². The van der Waals surface area contributed by atoms with Crippen LogP contribution < -0.4 is 4.74 Å². The van der Waals surface area contributed by atoms with E-state index in [1.54, 1.807) is 0 Å². The smallest absolute Gasteiger partial charge is 0.143 e. The van der Waals surface area contributed by atoms with Crippen LogP contribution in [0.2, 0.25) is 5.02 Å². The normalized spacial score (nSPS) is 14.1. The van der Waals surface area contributed by atoms with Gasteiger partial charge in [0.25, 0.3) is 0 Å². The largest absolute Gasteiger partial charge is 0.493 e. The Labute approximate surface area is 231 Å². The number of carbonyl (C=O) groups is 1. The third kappa shape index (κ3) is 8.48. The van der Waals surface area contributed by atoms with E-state index in [1.807, 2.05) is 48.5 Å². The Balaban J connectivity index is 1.25. The first-order valence-corrected chi connectivity index (χ1v) is 13.9. The van der Waals surface area contributed by atoms with E-state index in [-0.39, 0.29) is 17.6 Å². The lowest BCUT2D eigenvalue weighted by Gasteiger charge is -2.26. The fourth-order valence-electron chi connectivity index (χ4n) is 4.43. The number of Topliss-reactive ketones (excluding diaryl/α,β-unsaturated/α-hetero) is 1. The van der Waals surface area contributed by atoms with Gasteiger partial charge in [-0.3, -0.25) is 4.79 Å². The lowest BCUT2D eigenvalue weighted by molar-refractivity contribution is -0.117. The number of piperidine rings is 1. The van der Waals surface area contributed by atoms with Crippen molar-refractivity contribution >= 4 is 17.4 Å². The Hall–Kier alpha value is -3.07. The van der Waals surface area contributed by atoms with Crippen molar-refractivity contribution in [3.05, 3.63) is 81.7 Å². The minimum absolute atomic E-state index is 0.0955. The van der Waals surface area contributed by atoms with Crippen molar-refractivity contribution in [3.63, 3.8) is 0 Å². The van der Waals surface area contributed by atoms with Gasteiger partial charge in [0.1, 0.15) is 17.3 Å². The molecule has 200 valence electrons. The van der Waals surface area contributed by atoms with E-state index in [0.29, 0.717) is 23.7 Å². The molecule has 1 fully saturated rings. The molecule has 1 aliphatic heterocycles. The van der Waals surface area contributed by atoms with Crippen LogP contribution in [-0.4, -0.2) is 42.1 Å². The van der Waals surface area contributed by atoms with Gasteiger partial charge < -0.3 is 14.2 Å². The second-order valence-corrected chi connectivity index (χ2v) is 11.4. The molecular formula is C32H37ClN2O3. The second-order valence-electron chi connectivity index (χ2n) is 11.0. The quantitative estimate of drug-likeness (QED) is 0.228. The van der Waals surface area contributed by atoms with Gasteiger partial charge in [-0.25, -0.2) is 0 Å². The van der Waals surface area contributed by atoms with Crippen LogP contribution in [0.3, 0.4) is 0 Å². The highest BCUT2D eigenvalue weighted by Crippen LogP contribution is 2.24. The second kappa shape index (κ2) is 13.1. The summed E-state index contributed by atoms with van der Waals surface area (Å²) in [5, 5.41) is 4.62. The highest BCUT2D eigenvalue weighted by atomic mass is 35.5. The Morgan fingerprint density at radius 2 is 1.79 bits per heavy atom. The summed E-state index contributed by atoms with van der Waals surface area (Å²) in [5.41, 5.74) is 3.11. The number of ether oxygens (including phenoxy) is 1. The molecule has 0 atom stereocenters. The minimum atomic E-state index is -0.127. The van der Waals surface area contributed by atoms with Gasteiger partial charge in [0, 0.05) is 41.6 Å². The molecule has 0 unspecified atom stereocenters. The number of carbonyl (C=O) groups excluding carboxylic acids is 1. The van der Waals surface area contributed by atoms with Crippen LogP contribution in [0.5, 0.6) is 5.75 Å². The van der Waals surface area contributed by atoms with Crippen LogP contribution >= 0.6 is 11.6 Å². The molecule has 2 aromatic carbocycles. The number of ketones is 1. The average molecular weight is 533 g/mol. The SMILES string of the molecule is CC(C)(C)c1cc(CC(=O)Cc2ccc(C#Cc3ccc(OCCCN4CCCCC4)cc3Cl)cc2)no1. The summed E-state index contributed by atoms with van der Waals surface area (Å²) in [6.45, 7) is 10.4. The summed E-state index contributed by atoms with van der Waals surface area (Å²) in [7, 11) is 0. The standard InChI is InChI=1S/C32H37ClN2O3/c1-32(2,3)31-22-27(34-38-31)21-28(36)20-25-10-8-24(9-11-25)12-13-26-14-15-29(23-30(26)33)37-19-7-18-35-16-5-4-6-17-35/h8-11,14-15,22-23H,4-7,16-21H2,1-3H3. The van der Waals surface area contributed by atoms with Crippen molar-refractivity contribution in [2.75, 3.05) is 26.2 Å². The van der Waals surface area contributed by atoms with Gasteiger partial charge in [-0.15, -0.1) is 0 Å². The Morgan fingerprint density at radius 3 is 2.47 bits per heavy atom. The molecule has 6 heteroatoms. The molecule has 0 spiro atoms. The van der Waals surface area contributed by atoms with E-state index in [1.165, 1.54) is 32.4 Å². The predicted molar refractivity (Wildman–Crippen MR) is 152 cm³/mol. The van der Waals surface area contributed by atoms with Gasteiger partial charge in [0.05, 0.1) is 23.7 Å². The zero-order valence-corrected chi connectivity index (χ0v) is 23.4. The minimum Gasteiger partial charge on any atom is -0.493 e. The zero-order chi connectivity index (χ0) is 27.0. The molecule has 0 saturated carbocycles. The molecule has 0 bridgehead atoms. The third-order valence-electron chi connectivity index (χ3n) is 6.65. The van der Waals surface area contributed by atoms with Crippen molar-refractivity contribution in [2.45, 2.75) is 64.7 Å². The van der Waals surface area contributed by atoms with E-state index in [4.69, 9.17) is 20.9 Å². The first kappa shape index (κ1) is 28.0. The highest BCUT2D eigenvalue weighted by molar-refractivity contribution is 6.31. The number of hydrogen-bond donors (Lipinski definition) is 0. The van der Waals surface area contributed by atoms with Gasteiger partial charge >= 0.3 is 0 Å². The predicted octanol–water partition coefficient (Wildman–Crippen LogP) is 6.63. The van der Waals surface area contributed by atoms with Gasteiger partial charge in [0.2, 0.25) is 0 Å². The number of hydrogen-bond acceptors (Lipinski definition) is 5.